The van der Waals surface area contributed by atoms with E-state index in [-0.39, 0.29) is 0 Å². The van der Waals surface area contributed by atoms with E-state index < -0.39 is 8.53 Å². The minimum Gasteiger partial charge on any atom is -0.338 e. The second kappa shape index (κ2) is 7.77. The lowest BCUT2D eigenvalue weighted by atomic mass is 10.1. The van der Waals surface area contributed by atoms with Gasteiger partial charge in [0.05, 0.1) is 0 Å². The average Bonchev–Trinajstić information content (AvgIpc) is 2.53. The highest BCUT2D eigenvalue weighted by atomic mass is 31.2. The third-order valence-electron chi connectivity index (χ3n) is 2.06. The molecule has 0 atom stereocenters. The normalized spacial score (nSPS) is 18.3. The molecular formula is C11H20NO2P. The Hall–Kier alpha value is -0.470. The third-order valence-corrected chi connectivity index (χ3v) is 2.77. The van der Waals surface area contributed by atoms with E-state index in [0.29, 0.717) is 0 Å². The molecule has 1 aliphatic carbocycles. The van der Waals surface area contributed by atoms with E-state index in [0.717, 1.165) is 0 Å². The number of hydrogen-bond acceptors (Lipinski definition) is 3. The van der Waals surface area contributed by atoms with Crippen molar-refractivity contribution in [3.8, 4) is 0 Å². The van der Waals surface area contributed by atoms with Gasteiger partial charge in [0.25, 0.3) is 8.53 Å². The van der Waals surface area contributed by atoms with Crippen LogP contribution in [0.5, 0.6) is 0 Å². The van der Waals surface area contributed by atoms with Crippen LogP contribution in [0.4, 0.5) is 0 Å². The van der Waals surface area contributed by atoms with Crippen molar-refractivity contribution in [1.29, 1.82) is 0 Å². The van der Waals surface area contributed by atoms with Crippen LogP contribution >= 0.6 is 8.53 Å². The monoisotopic (exact) mass is 229 g/mol. The summed E-state index contributed by atoms with van der Waals surface area (Å²) in [5, 5.41) is 0. The van der Waals surface area contributed by atoms with Crippen LogP contribution in [0.25, 0.3) is 0 Å². The lowest BCUT2D eigenvalue weighted by Crippen LogP contribution is -2.01. The van der Waals surface area contributed by atoms with Gasteiger partial charge in [0.15, 0.2) is 0 Å². The van der Waals surface area contributed by atoms with Crippen LogP contribution in [0.1, 0.15) is 19.3 Å². The number of rotatable bonds is 2. The van der Waals surface area contributed by atoms with Crippen molar-refractivity contribution < 1.29 is 9.79 Å². The van der Waals surface area contributed by atoms with Gasteiger partial charge in [-0.1, -0.05) is 30.9 Å². The lowest BCUT2D eigenvalue weighted by molar-refractivity contribution is 0.407. The van der Waals surface area contributed by atoms with Gasteiger partial charge in [-0.05, 0) is 38.9 Å². The summed E-state index contributed by atoms with van der Waals surface area (Å²) in [6.45, 7) is 7.58. The Labute approximate surface area is 93.4 Å². The molecule has 15 heavy (non-hydrogen) atoms. The van der Waals surface area contributed by atoms with Crippen molar-refractivity contribution in [1.82, 2.24) is 4.67 Å². The van der Waals surface area contributed by atoms with Crippen molar-refractivity contribution >= 4 is 8.53 Å². The maximum atomic E-state index is 8.18. The van der Waals surface area contributed by atoms with Crippen LogP contribution in [0.2, 0.25) is 0 Å². The van der Waals surface area contributed by atoms with Gasteiger partial charge >= 0.3 is 0 Å². The molecule has 2 N–H and O–H groups in total. The Morgan fingerprint density at radius 3 is 2.13 bits per heavy atom. The highest BCUT2D eigenvalue weighted by molar-refractivity contribution is 7.42. The summed E-state index contributed by atoms with van der Waals surface area (Å²) < 4.78 is 1.34. The first kappa shape index (κ1) is 14.5. The molecule has 0 saturated heterocycles. The van der Waals surface area contributed by atoms with Gasteiger partial charge in [0.1, 0.15) is 0 Å². The lowest BCUT2D eigenvalue weighted by Gasteiger charge is -2.07. The van der Waals surface area contributed by atoms with E-state index in [1.807, 2.05) is 6.08 Å². The number of nitrogens with zero attached hydrogens (tertiary/aromatic N) is 1. The van der Waals surface area contributed by atoms with E-state index >= 15 is 0 Å². The summed E-state index contributed by atoms with van der Waals surface area (Å²) in [4.78, 5) is 16.4. The summed E-state index contributed by atoms with van der Waals surface area (Å²) >= 11 is 0. The molecule has 1 fully saturated rings. The summed E-state index contributed by atoms with van der Waals surface area (Å²) in [7, 11) is 1.38. The highest BCUT2D eigenvalue weighted by Crippen LogP contribution is 2.28. The Morgan fingerprint density at radius 2 is 1.87 bits per heavy atom. The minimum atomic E-state index is -1.83. The largest absolute Gasteiger partial charge is 0.338 e. The smallest absolute Gasteiger partial charge is 0.252 e. The fourth-order valence-corrected chi connectivity index (χ4v) is 1.17. The fourth-order valence-electron chi connectivity index (χ4n) is 1.17. The van der Waals surface area contributed by atoms with Crippen LogP contribution in [0.3, 0.4) is 0 Å². The minimum absolute atomic E-state index is 1.18. The number of hydrogen-bond donors (Lipinski definition) is 2. The second-order valence-corrected chi connectivity index (χ2v) is 4.84. The zero-order valence-corrected chi connectivity index (χ0v) is 10.4. The van der Waals surface area contributed by atoms with Crippen molar-refractivity contribution in [2.45, 2.75) is 19.3 Å². The van der Waals surface area contributed by atoms with Crippen molar-refractivity contribution in [2.24, 2.45) is 0 Å². The van der Waals surface area contributed by atoms with Crippen LogP contribution in [-0.2, 0) is 0 Å². The third kappa shape index (κ3) is 6.58. The maximum Gasteiger partial charge on any atom is 0.252 e. The molecule has 0 amide bonds. The van der Waals surface area contributed by atoms with Crippen molar-refractivity contribution in [2.75, 3.05) is 14.1 Å². The predicted octanol–water partition coefficient (Wildman–Crippen LogP) is 2.60. The molecule has 0 bridgehead atoms. The molecule has 0 aromatic carbocycles. The molecule has 1 rings (SSSR count). The summed E-state index contributed by atoms with van der Waals surface area (Å²) in [5.74, 6) is 0. The Balaban J connectivity index is 0.000000288. The van der Waals surface area contributed by atoms with Gasteiger partial charge in [0, 0.05) is 0 Å². The second-order valence-electron chi connectivity index (χ2n) is 3.50. The Kier molecular flexibility index (Phi) is 7.53. The molecule has 3 nitrogen and oxygen atoms in total. The first-order valence-corrected chi connectivity index (χ1v) is 6.04. The summed E-state index contributed by atoms with van der Waals surface area (Å²) in [6, 6.07) is 0. The SMILES string of the molecule is C=C/C=C1/CCCC1=C.CN(C)P(O)O. The standard InChI is InChI=1S/C9H12.C2H8NO2P/c1-3-5-9-7-4-6-8(9)2;1-3(2)6(4)5/h3,5H,1-2,4,6-7H2;4-5H,1-2H3/b9-5-;. The molecule has 0 heterocycles. The van der Waals surface area contributed by atoms with Crippen LogP contribution < -0.4 is 0 Å². The predicted molar refractivity (Wildman–Crippen MR) is 66.3 cm³/mol. The first-order valence-electron chi connectivity index (χ1n) is 4.84. The van der Waals surface area contributed by atoms with Gasteiger partial charge in [-0.2, -0.15) is 0 Å². The van der Waals surface area contributed by atoms with Gasteiger partial charge in [-0.15, -0.1) is 0 Å². The van der Waals surface area contributed by atoms with Crippen LogP contribution in [0.15, 0.2) is 36.5 Å². The van der Waals surface area contributed by atoms with Crippen LogP contribution in [0, 0.1) is 0 Å². The quantitative estimate of drug-likeness (QED) is 0.715. The van der Waals surface area contributed by atoms with Gasteiger partial charge < -0.3 is 9.79 Å². The topological polar surface area (TPSA) is 43.7 Å². The molecule has 0 aromatic heterocycles. The molecule has 0 spiro atoms. The fraction of sp³-hybridized carbons (Fsp3) is 0.455. The van der Waals surface area contributed by atoms with Crippen molar-refractivity contribution in [3.05, 3.63) is 36.5 Å². The Morgan fingerprint density at radius 1 is 1.33 bits per heavy atom. The van der Waals surface area contributed by atoms with Crippen LogP contribution in [-0.4, -0.2) is 28.6 Å². The summed E-state index contributed by atoms with van der Waals surface area (Å²) in [5.41, 5.74) is 2.69. The molecule has 0 aromatic rings. The molecular weight excluding hydrogens is 209 g/mol. The Bertz CT molecular complexity index is 241. The molecule has 0 aliphatic heterocycles. The van der Waals surface area contributed by atoms with Crippen molar-refractivity contribution in [3.63, 3.8) is 0 Å². The zero-order valence-electron chi connectivity index (χ0n) is 9.48. The van der Waals surface area contributed by atoms with E-state index in [4.69, 9.17) is 9.79 Å². The number of allylic oxidation sites excluding steroid dienone is 4. The van der Waals surface area contributed by atoms with Gasteiger partial charge in [-0.3, -0.25) is 0 Å². The van der Waals surface area contributed by atoms with E-state index in [1.54, 1.807) is 14.1 Å². The van der Waals surface area contributed by atoms with E-state index in [1.165, 1.54) is 35.1 Å². The maximum absolute atomic E-state index is 8.18. The first-order chi connectivity index (χ1) is 6.99. The average molecular weight is 229 g/mol. The molecule has 0 radical (unpaired) electrons. The molecule has 1 saturated carbocycles. The van der Waals surface area contributed by atoms with E-state index in [2.05, 4.69) is 19.2 Å². The molecule has 4 heteroatoms. The van der Waals surface area contributed by atoms with Gasteiger partial charge in [-0.25, -0.2) is 4.67 Å². The summed E-state index contributed by atoms with van der Waals surface area (Å²) in [6.07, 6.45) is 7.56. The van der Waals surface area contributed by atoms with Gasteiger partial charge in [0.2, 0.25) is 0 Å². The molecule has 1 aliphatic rings. The van der Waals surface area contributed by atoms with E-state index in [9.17, 15) is 0 Å². The molecule has 86 valence electrons. The zero-order chi connectivity index (χ0) is 11.8. The highest BCUT2D eigenvalue weighted by Gasteiger charge is 2.08. The molecule has 0 unspecified atom stereocenters.